The predicted octanol–water partition coefficient (Wildman–Crippen LogP) is 2.27. The van der Waals surface area contributed by atoms with Crippen LogP contribution in [0, 0.1) is 11.8 Å². The van der Waals surface area contributed by atoms with Gasteiger partial charge in [-0.25, -0.2) is 4.98 Å². The van der Waals surface area contributed by atoms with E-state index < -0.39 is 80.4 Å². The minimum atomic E-state index is -3.67. The molecule has 3 aromatic rings. The molecule has 0 spiro atoms. The van der Waals surface area contributed by atoms with Gasteiger partial charge in [-0.3, -0.25) is 24.1 Å². The molecule has 1 aliphatic heterocycles. The molecular weight excluding hydrogens is 636 g/mol. The molecule has 1 aliphatic carbocycles. The lowest BCUT2D eigenvalue weighted by Gasteiger charge is -2.47. The number of likely N-dealkylation sites (tertiary alicyclic amines) is 1. The first kappa shape index (κ1) is 27.3. The Bertz CT molecular complexity index is 1910. The van der Waals surface area contributed by atoms with Gasteiger partial charge in [0.15, 0.2) is 0 Å². The van der Waals surface area contributed by atoms with Crippen molar-refractivity contribution in [3.05, 3.63) is 78.0 Å². The standard InChI is InChI=1S/C38H50N6O5.H2O/c1-38(2,3)43-37(49)32-20-26-14-7-8-15-27(26)22-44(32)23-33(45)30(19-24-11-5-4-6-12-24)41-36(48)31(21-34(39)46)42-35(47)29-18-17-25-13-9-10-16-28(25)40-29;/h4-6,9-13,16-18,26-27,30-33,45H,7-8,14-15,19-23H2,1-3H3,(H2,39,46)(H,41,48)(H,42,47)(H,43,49);1H2/t26-,27+,30-,31-,32-,33+;/m0./s1/i1D3,2D3,3D3;. The van der Waals surface area contributed by atoms with E-state index >= 15 is 0 Å². The molecule has 2 fully saturated rings. The highest BCUT2D eigenvalue weighted by Gasteiger charge is 2.42. The van der Waals surface area contributed by atoms with E-state index in [1.165, 1.54) is 6.07 Å². The Hall–Kier alpha value is -4.39. The molecule has 2 aliphatic rings. The fourth-order valence-corrected chi connectivity index (χ4v) is 7.08. The van der Waals surface area contributed by atoms with Crippen LogP contribution in [-0.2, 0) is 20.8 Å². The van der Waals surface area contributed by atoms with E-state index in [2.05, 4.69) is 15.6 Å². The molecule has 1 saturated carbocycles. The lowest BCUT2D eigenvalue weighted by atomic mass is 9.72. The van der Waals surface area contributed by atoms with Gasteiger partial charge < -0.3 is 32.3 Å². The highest BCUT2D eigenvalue weighted by Crippen LogP contribution is 2.39. The molecule has 1 aromatic heterocycles. The number of benzene rings is 2. The summed E-state index contributed by atoms with van der Waals surface area (Å²) in [6, 6.07) is 15.3. The zero-order valence-electron chi connectivity index (χ0n) is 36.7. The fraction of sp³-hybridized carbons (Fsp3) is 0.500. The summed E-state index contributed by atoms with van der Waals surface area (Å²) >= 11 is 0. The van der Waals surface area contributed by atoms with Crippen molar-refractivity contribution in [3.8, 4) is 0 Å². The van der Waals surface area contributed by atoms with Gasteiger partial charge in [0.25, 0.3) is 5.91 Å². The first-order valence-electron chi connectivity index (χ1n) is 21.1. The predicted molar refractivity (Wildman–Crippen MR) is 192 cm³/mol. The zero-order valence-corrected chi connectivity index (χ0v) is 27.7. The van der Waals surface area contributed by atoms with Gasteiger partial charge in [0, 0.05) is 36.4 Å². The Morgan fingerprint density at radius 3 is 2.40 bits per heavy atom. The smallest absolute Gasteiger partial charge is 0.270 e. The Kier molecular flexibility index (Phi) is 9.31. The van der Waals surface area contributed by atoms with Crippen molar-refractivity contribution < 1.29 is 42.1 Å². The molecule has 4 amide bonds. The van der Waals surface area contributed by atoms with Gasteiger partial charge in [0.05, 0.1) is 30.1 Å². The topological polar surface area (TPSA) is 198 Å². The van der Waals surface area contributed by atoms with Crippen LogP contribution in [0.3, 0.4) is 0 Å². The third kappa shape index (κ3) is 10.3. The number of aliphatic hydroxyl groups excluding tert-OH is 1. The molecule has 12 heteroatoms. The maximum absolute atomic E-state index is 14.2. The maximum atomic E-state index is 14.2. The second-order valence-corrected chi connectivity index (χ2v) is 13.2. The maximum Gasteiger partial charge on any atom is 0.270 e. The van der Waals surface area contributed by atoms with Crippen LogP contribution in [0.25, 0.3) is 10.9 Å². The molecule has 2 aromatic carbocycles. The third-order valence-corrected chi connectivity index (χ3v) is 9.49. The summed E-state index contributed by atoms with van der Waals surface area (Å²) in [6.45, 7) is -11.0. The van der Waals surface area contributed by atoms with Crippen molar-refractivity contribution in [2.75, 3.05) is 13.1 Å². The van der Waals surface area contributed by atoms with Crippen LogP contribution in [0.4, 0.5) is 0 Å². The first-order chi connectivity index (χ1) is 27.1. The van der Waals surface area contributed by atoms with Crippen molar-refractivity contribution >= 4 is 34.5 Å². The minimum absolute atomic E-state index is 0. The normalized spacial score (nSPS) is 24.5. The van der Waals surface area contributed by atoms with E-state index in [-0.39, 0.29) is 48.9 Å². The number of nitrogens with two attached hydrogens (primary N) is 1. The summed E-state index contributed by atoms with van der Waals surface area (Å²) in [6.07, 6.45) is 1.53. The summed E-state index contributed by atoms with van der Waals surface area (Å²) in [5.74, 6) is -3.53. The first-order valence-corrected chi connectivity index (χ1v) is 16.6. The molecule has 6 atom stereocenters. The Morgan fingerprint density at radius 2 is 1.68 bits per heavy atom. The number of para-hydroxylation sites is 1. The average Bonchev–Trinajstić information content (AvgIpc) is 3.14. The number of pyridine rings is 1. The van der Waals surface area contributed by atoms with Crippen LogP contribution in [0.2, 0.25) is 0 Å². The molecule has 0 radical (unpaired) electrons. The second-order valence-electron chi connectivity index (χ2n) is 13.2. The number of primary amides is 1. The van der Waals surface area contributed by atoms with Gasteiger partial charge in [-0.2, -0.15) is 0 Å². The van der Waals surface area contributed by atoms with E-state index in [4.69, 9.17) is 18.1 Å². The molecule has 270 valence electrons. The van der Waals surface area contributed by atoms with Crippen LogP contribution < -0.4 is 21.7 Å². The zero-order chi connectivity index (χ0) is 42.6. The number of hydrogen-bond acceptors (Lipinski definition) is 7. The minimum Gasteiger partial charge on any atom is -0.412 e. The average molecular weight is 698 g/mol. The van der Waals surface area contributed by atoms with E-state index in [1.54, 1.807) is 53.4 Å². The number of hydrogen-bond donors (Lipinski definition) is 5. The molecule has 5 rings (SSSR count). The molecule has 0 unspecified atom stereocenters. The molecule has 12 nitrogen and oxygen atoms in total. The third-order valence-electron chi connectivity index (χ3n) is 9.49. The van der Waals surface area contributed by atoms with Crippen LogP contribution in [0.15, 0.2) is 66.7 Å². The number of rotatable bonds is 12. The molecular formula is C38H52N6O6. The van der Waals surface area contributed by atoms with Crippen molar-refractivity contribution in [2.24, 2.45) is 17.6 Å². The number of aromatic nitrogens is 1. The van der Waals surface area contributed by atoms with Crippen molar-refractivity contribution in [3.63, 3.8) is 0 Å². The number of fused-ring (bicyclic) bond motifs is 2. The van der Waals surface area contributed by atoms with E-state index in [0.29, 0.717) is 11.1 Å². The van der Waals surface area contributed by atoms with Gasteiger partial charge in [0.2, 0.25) is 17.7 Å². The van der Waals surface area contributed by atoms with Gasteiger partial charge in [-0.15, -0.1) is 0 Å². The van der Waals surface area contributed by atoms with Gasteiger partial charge in [-0.1, -0.05) is 73.9 Å². The van der Waals surface area contributed by atoms with Gasteiger partial charge >= 0.3 is 0 Å². The molecule has 1 saturated heterocycles. The number of carbonyl (C=O) groups excluding carboxylic acids is 4. The van der Waals surface area contributed by atoms with E-state index in [1.807, 2.05) is 17.4 Å². The number of nitrogens with zero attached hydrogens (tertiary/aromatic N) is 2. The van der Waals surface area contributed by atoms with E-state index in [9.17, 15) is 24.3 Å². The number of nitrogens with one attached hydrogen (secondary N) is 3. The second kappa shape index (κ2) is 17.0. The highest BCUT2D eigenvalue weighted by molar-refractivity contribution is 5.99. The number of β-amino-alcohol motifs (C(OH)–C–C–N with tert-alkyl or cyclic N) is 1. The van der Waals surface area contributed by atoms with Crippen LogP contribution in [0.5, 0.6) is 0 Å². The van der Waals surface area contributed by atoms with Gasteiger partial charge in [-0.05, 0) is 69.4 Å². The molecule has 2 heterocycles. The van der Waals surface area contributed by atoms with Crippen molar-refractivity contribution in [1.29, 1.82) is 0 Å². The molecule has 50 heavy (non-hydrogen) atoms. The van der Waals surface area contributed by atoms with Crippen LogP contribution >= 0.6 is 0 Å². The van der Waals surface area contributed by atoms with Gasteiger partial charge in [0.1, 0.15) is 11.7 Å². The van der Waals surface area contributed by atoms with Crippen molar-refractivity contribution in [1.82, 2.24) is 25.8 Å². The van der Waals surface area contributed by atoms with Crippen LogP contribution in [-0.4, -0.2) is 87.0 Å². The number of piperidine rings is 1. The summed E-state index contributed by atoms with van der Waals surface area (Å²) in [5, 5.41) is 20.0. The largest absolute Gasteiger partial charge is 0.412 e. The Morgan fingerprint density at radius 1 is 0.980 bits per heavy atom. The SMILES string of the molecule is O.[2H]C([2H])([2H])C(NC(=O)[C@@H]1C[C@@H]2CCCC[C@@H]2CN1C[C@@H](O)[C@H](Cc1ccccc1)NC(=O)[C@H](CC(N)=O)NC(=O)c1ccc2ccccc2n1)(C([2H])([2H])[2H])C([2H])([2H])[2H]. The van der Waals surface area contributed by atoms with E-state index in [0.717, 1.165) is 31.1 Å². The Labute approximate surface area is 306 Å². The number of aliphatic hydroxyl groups is 1. The highest BCUT2D eigenvalue weighted by atomic mass is 16.3. The summed E-state index contributed by atoms with van der Waals surface area (Å²) in [7, 11) is 0. The summed E-state index contributed by atoms with van der Waals surface area (Å²) in [5.41, 5.74) is 3.11. The molecule has 0 bridgehead atoms. The monoisotopic (exact) mass is 697 g/mol. The fourth-order valence-electron chi connectivity index (χ4n) is 7.08. The van der Waals surface area contributed by atoms with Crippen molar-refractivity contribution in [2.45, 2.75) is 95.3 Å². The lowest BCUT2D eigenvalue weighted by Crippen LogP contribution is -2.61. The summed E-state index contributed by atoms with van der Waals surface area (Å²) in [4.78, 5) is 59.6. The molecule has 8 N–H and O–H groups in total. The number of amides is 4. The quantitative estimate of drug-likeness (QED) is 0.191. The number of carbonyl (C=O) groups is 4. The Balaban J connectivity index is 0.00000769. The lowest BCUT2D eigenvalue weighted by molar-refractivity contribution is -0.133. The summed E-state index contributed by atoms with van der Waals surface area (Å²) < 4.78 is 72.4. The van der Waals surface area contributed by atoms with Crippen LogP contribution in [0.1, 0.15) is 87.5 Å².